The first-order valence-corrected chi connectivity index (χ1v) is 5.67. The van der Waals surface area contributed by atoms with E-state index in [1.807, 2.05) is 20.8 Å². The summed E-state index contributed by atoms with van der Waals surface area (Å²) in [5.74, 6) is 0.855. The topological polar surface area (TPSA) is 102 Å². The molecular formula is C10H15N7O. The lowest BCUT2D eigenvalue weighted by Crippen LogP contribution is -2.11. The van der Waals surface area contributed by atoms with Crippen LogP contribution in [0.2, 0.25) is 0 Å². The molecule has 0 radical (unpaired) electrons. The predicted molar refractivity (Wildman–Crippen MR) is 64.3 cm³/mol. The number of anilines is 2. The normalized spacial score (nSPS) is 10.6. The summed E-state index contributed by atoms with van der Waals surface area (Å²) in [5, 5.41) is 21.5. The van der Waals surface area contributed by atoms with E-state index < -0.39 is 0 Å². The van der Waals surface area contributed by atoms with Gasteiger partial charge in [-0.2, -0.15) is 5.10 Å². The van der Waals surface area contributed by atoms with E-state index in [0.29, 0.717) is 18.4 Å². The van der Waals surface area contributed by atoms with E-state index in [2.05, 4.69) is 36.0 Å². The van der Waals surface area contributed by atoms with E-state index in [4.69, 9.17) is 4.42 Å². The monoisotopic (exact) mass is 249 g/mol. The van der Waals surface area contributed by atoms with Crippen molar-refractivity contribution in [2.75, 3.05) is 11.9 Å². The molecule has 0 aliphatic heterocycles. The molecule has 0 saturated heterocycles. The lowest BCUT2D eigenvalue weighted by Gasteiger charge is -2.01. The summed E-state index contributed by atoms with van der Waals surface area (Å²) in [5.41, 5.74) is 1.60. The van der Waals surface area contributed by atoms with Crippen LogP contribution in [0.15, 0.2) is 4.42 Å². The predicted octanol–water partition coefficient (Wildman–Crippen LogP) is 0.725. The SMILES string of the molecule is CCNCc1nnc(Nc2nnc(C)c(C)n2)o1. The summed E-state index contributed by atoms with van der Waals surface area (Å²) in [6.45, 7) is 7.09. The van der Waals surface area contributed by atoms with Gasteiger partial charge in [-0.05, 0) is 20.4 Å². The molecule has 0 amide bonds. The minimum atomic E-state index is 0.257. The Hall–Kier alpha value is -2.09. The fourth-order valence-electron chi connectivity index (χ4n) is 1.21. The fraction of sp³-hybridized carbons (Fsp3) is 0.500. The van der Waals surface area contributed by atoms with Crippen LogP contribution in [-0.4, -0.2) is 31.9 Å². The molecule has 2 aromatic rings. The Kier molecular flexibility index (Phi) is 3.78. The molecule has 0 aliphatic rings. The van der Waals surface area contributed by atoms with Gasteiger partial charge in [0.25, 0.3) is 5.95 Å². The summed E-state index contributed by atoms with van der Waals surface area (Å²) in [6.07, 6.45) is 0. The van der Waals surface area contributed by atoms with Gasteiger partial charge in [0.15, 0.2) is 0 Å². The summed E-state index contributed by atoms with van der Waals surface area (Å²) < 4.78 is 5.36. The van der Waals surface area contributed by atoms with Gasteiger partial charge in [0.2, 0.25) is 5.89 Å². The molecule has 0 saturated carbocycles. The van der Waals surface area contributed by atoms with Crippen molar-refractivity contribution in [3.05, 3.63) is 17.3 Å². The van der Waals surface area contributed by atoms with Crippen LogP contribution in [0.4, 0.5) is 12.0 Å². The maximum atomic E-state index is 5.36. The molecule has 0 atom stereocenters. The minimum Gasteiger partial charge on any atom is -0.406 e. The summed E-state index contributed by atoms with van der Waals surface area (Å²) in [7, 11) is 0. The van der Waals surface area contributed by atoms with Gasteiger partial charge < -0.3 is 9.73 Å². The van der Waals surface area contributed by atoms with Crippen LogP contribution in [0.1, 0.15) is 24.2 Å². The van der Waals surface area contributed by atoms with Crippen molar-refractivity contribution in [2.24, 2.45) is 0 Å². The van der Waals surface area contributed by atoms with Crippen molar-refractivity contribution in [1.29, 1.82) is 0 Å². The zero-order valence-corrected chi connectivity index (χ0v) is 10.6. The van der Waals surface area contributed by atoms with E-state index in [1.165, 1.54) is 0 Å². The molecule has 0 spiro atoms. The molecule has 2 N–H and O–H groups in total. The van der Waals surface area contributed by atoms with Crippen LogP contribution in [0.5, 0.6) is 0 Å². The summed E-state index contributed by atoms with van der Waals surface area (Å²) >= 11 is 0. The first-order chi connectivity index (χ1) is 8.69. The van der Waals surface area contributed by atoms with Crippen LogP contribution in [0, 0.1) is 13.8 Å². The third kappa shape index (κ3) is 2.98. The van der Waals surface area contributed by atoms with Gasteiger partial charge in [-0.1, -0.05) is 12.0 Å². The van der Waals surface area contributed by atoms with Gasteiger partial charge in [0.1, 0.15) is 0 Å². The number of aromatic nitrogens is 5. The standard InChI is InChI=1S/C10H15N7O/c1-4-11-5-8-15-17-10(18-8)13-9-12-6(2)7(3)14-16-9/h11H,4-5H2,1-3H3,(H,12,13,16,17). The summed E-state index contributed by atoms with van der Waals surface area (Å²) in [4.78, 5) is 4.21. The molecule has 2 rings (SSSR count). The molecular weight excluding hydrogens is 234 g/mol. The molecule has 0 aliphatic carbocycles. The van der Waals surface area contributed by atoms with Gasteiger partial charge in [0, 0.05) is 0 Å². The Morgan fingerprint density at radius 2 is 1.89 bits per heavy atom. The van der Waals surface area contributed by atoms with Crippen molar-refractivity contribution in [1.82, 2.24) is 30.7 Å². The molecule has 0 fully saturated rings. The Bertz CT molecular complexity index is 525. The Morgan fingerprint density at radius 3 is 2.61 bits per heavy atom. The number of hydrogen-bond acceptors (Lipinski definition) is 8. The van der Waals surface area contributed by atoms with Crippen molar-refractivity contribution in [3.63, 3.8) is 0 Å². The highest BCUT2D eigenvalue weighted by Gasteiger charge is 2.08. The highest BCUT2D eigenvalue weighted by Crippen LogP contribution is 2.11. The number of hydrogen-bond donors (Lipinski definition) is 2. The van der Waals surface area contributed by atoms with Crippen molar-refractivity contribution >= 4 is 12.0 Å². The number of rotatable bonds is 5. The molecule has 8 heteroatoms. The number of nitrogens with one attached hydrogen (secondary N) is 2. The molecule has 96 valence electrons. The van der Waals surface area contributed by atoms with E-state index in [1.54, 1.807) is 0 Å². The first kappa shape index (κ1) is 12.4. The van der Waals surface area contributed by atoms with Gasteiger partial charge in [-0.25, -0.2) is 4.98 Å². The van der Waals surface area contributed by atoms with Gasteiger partial charge in [-0.15, -0.1) is 10.2 Å². The van der Waals surface area contributed by atoms with Crippen LogP contribution in [-0.2, 0) is 6.54 Å². The van der Waals surface area contributed by atoms with E-state index in [-0.39, 0.29) is 6.01 Å². The third-order valence-corrected chi connectivity index (χ3v) is 2.30. The van der Waals surface area contributed by atoms with Crippen molar-refractivity contribution in [2.45, 2.75) is 27.3 Å². The fourth-order valence-corrected chi connectivity index (χ4v) is 1.21. The van der Waals surface area contributed by atoms with Gasteiger partial charge in [-0.3, -0.25) is 5.32 Å². The van der Waals surface area contributed by atoms with E-state index in [9.17, 15) is 0 Å². The Morgan fingerprint density at radius 1 is 1.06 bits per heavy atom. The minimum absolute atomic E-state index is 0.257. The van der Waals surface area contributed by atoms with E-state index >= 15 is 0 Å². The molecule has 2 aromatic heterocycles. The second-order valence-corrected chi connectivity index (χ2v) is 3.71. The maximum absolute atomic E-state index is 5.36. The smallest absolute Gasteiger partial charge is 0.322 e. The first-order valence-electron chi connectivity index (χ1n) is 5.67. The Balaban J connectivity index is 2.04. The molecule has 8 nitrogen and oxygen atoms in total. The third-order valence-electron chi connectivity index (χ3n) is 2.30. The molecule has 0 bridgehead atoms. The van der Waals surface area contributed by atoms with Crippen LogP contribution in [0.25, 0.3) is 0 Å². The lowest BCUT2D eigenvalue weighted by atomic mass is 10.4. The average Bonchev–Trinajstić information content (AvgIpc) is 2.79. The molecule has 0 unspecified atom stereocenters. The second-order valence-electron chi connectivity index (χ2n) is 3.71. The van der Waals surface area contributed by atoms with Crippen LogP contribution in [0.3, 0.4) is 0 Å². The average molecular weight is 249 g/mol. The van der Waals surface area contributed by atoms with Crippen LogP contribution < -0.4 is 10.6 Å². The zero-order valence-electron chi connectivity index (χ0n) is 10.6. The number of aryl methyl sites for hydroxylation is 2. The quantitative estimate of drug-likeness (QED) is 0.799. The Labute approximate surface area is 104 Å². The lowest BCUT2D eigenvalue weighted by molar-refractivity contribution is 0.484. The number of nitrogens with zero attached hydrogens (tertiary/aromatic N) is 5. The molecule has 0 aromatic carbocycles. The highest BCUT2D eigenvalue weighted by atomic mass is 16.4. The van der Waals surface area contributed by atoms with Crippen molar-refractivity contribution < 1.29 is 4.42 Å². The maximum Gasteiger partial charge on any atom is 0.322 e. The van der Waals surface area contributed by atoms with Crippen molar-refractivity contribution in [3.8, 4) is 0 Å². The molecule has 2 heterocycles. The van der Waals surface area contributed by atoms with Gasteiger partial charge >= 0.3 is 6.01 Å². The van der Waals surface area contributed by atoms with E-state index in [0.717, 1.165) is 17.9 Å². The molecule has 18 heavy (non-hydrogen) atoms. The zero-order chi connectivity index (χ0) is 13.0. The summed E-state index contributed by atoms with van der Waals surface area (Å²) in [6, 6.07) is 0.257. The van der Waals surface area contributed by atoms with Crippen LogP contribution >= 0.6 is 0 Å². The second kappa shape index (κ2) is 5.50. The highest BCUT2D eigenvalue weighted by molar-refractivity contribution is 5.38. The van der Waals surface area contributed by atoms with Gasteiger partial charge in [0.05, 0.1) is 17.9 Å². The largest absolute Gasteiger partial charge is 0.406 e.